The van der Waals surface area contributed by atoms with Crippen molar-refractivity contribution >= 4 is 34.3 Å². The molecule has 0 aliphatic carbocycles. The second-order valence-electron chi connectivity index (χ2n) is 7.72. The molecule has 0 aliphatic heterocycles. The minimum absolute atomic E-state index is 0.0773. The molecule has 1 N–H and O–H groups in total. The molecule has 4 rings (SSSR count). The second kappa shape index (κ2) is 8.82. The van der Waals surface area contributed by atoms with Gasteiger partial charge in [-0.2, -0.15) is 0 Å². The van der Waals surface area contributed by atoms with E-state index in [-0.39, 0.29) is 12.5 Å². The summed E-state index contributed by atoms with van der Waals surface area (Å²) >= 11 is 6.03. The van der Waals surface area contributed by atoms with Gasteiger partial charge >= 0.3 is 0 Å². The summed E-state index contributed by atoms with van der Waals surface area (Å²) in [6, 6.07) is 18.8. The number of aryl methyl sites for hydroxylation is 1. The van der Waals surface area contributed by atoms with Crippen LogP contribution in [-0.4, -0.2) is 17.5 Å². The Hall–Kier alpha value is -3.31. The number of halogens is 1. The van der Waals surface area contributed by atoms with Gasteiger partial charge in [-0.15, -0.1) is 0 Å². The van der Waals surface area contributed by atoms with E-state index < -0.39 is 0 Å². The van der Waals surface area contributed by atoms with Crippen LogP contribution >= 0.6 is 11.6 Å². The van der Waals surface area contributed by atoms with Gasteiger partial charge in [0, 0.05) is 16.3 Å². The molecule has 158 valence electrons. The fourth-order valence-corrected chi connectivity index (χ4v) is 3.36. The average Bonchev–Trinajstić information content (AvgIpc) is 3.17. The van der Waals surface area contributed by atoms with E-state index in [1.165, 1.54) is 5.56 Å². The van der Waals surface area contributed by atoms with Crippen molar-refractivity contribution in [2.45, 2.75) is 26.7 Å². The summed E-state index contributed by atoms with van der Waals surface area (Å²) in [6.45, 7) is 6.12. The normalized spacial score (nSPS) is 11.1. The third-order valence-corrected chi connectivity index (χ3v) is 5.26. The molecule has 1 aromatic heterocycles. The van der Waals surface area contributed by atoms with E-state index in [0.717, 1.165) is 11.1 Å². The number of nitrogens with one attached hydrogen (secondary N) is 1. The van der Waals surface area contributed by atoms with Crippen molar-refractivity contribution in [1.29, 1.82) is 0 Å². The quantitative estimate of drug-likeness (QED) is 0.371. The van der Waals surface area contributed by atoms with Crippen LogP contribution in [0.1, 0.15) is 30.9 Å². The number of fused-ring (bicyclic) bond motifs is 1. The van der Waals surface area contributed by atoms with Crippen molar-refractivity contribution in [3.8, 4) is 17.2 Å². The van der Waals surface area contributed by atoms with E-state index in [9.17, 15) is 4.79 Å². The van der Waals surface area contributed by atoms with Crippen molar-refractivity contribution in [1.82, 2.24) is 4.98 Å². The van der Waals surface area contributed by atoms with E-state index in [2.05, 4.69) is 24.1 Å². The Morgan fingerprint density at radius 1 is 1.10 bits per heavy atom. The number of carbonyl (C=O) groups excluding carboxylic acids is 1. The van der Waals surface area contributed by atoms with Gasteiger partial charge in [0.25, 0.3) is 5.91 Å². The Balaban J connectivity index is 1.45. The predicted octanol–water partition coefficient (Wildman–Crippen LogP) is 6.60. The topological polar surface area (TPSA) is 64.4 Å². The van der Waals surface area contributed by atoms with Crippen molar-refractivity contribution < 1.29 is 13.9 Å². The largest absolute Gasteiger partial charge is 0.484 e. The molecule has 1 amide bonds. The molecule has 0 bridgehead atoms. The number of benzene rings is 3. The fourth-order valence-electron chi connectivity index (χ4n) is 3.20. The van der Waals surface area contributed by atoms with Gasteiger partial charge in [-0.1, -0.05) is 43.6 Å². The van der Waals surface area contributed by atoms with Crippen molar-refractivity contribution in [3.05, 3.63) is 76.8 Å². The number of carbonyl (C=O) groups is 1. The van der Waals surface area contributed by atoms with E-state index in [4.69, 9.17) is 20.8 Å². The first-order chi connectivity index (χ1) is 14.9. The van der Waals surface area contributed by atoms with Crippen LogP contribution in [0.25, 0.3) is 22.6 Å². The standard InChI is InChI=1S/C25H23ClN2O3/c1-15(2)17-6-9-20(10-7-17)30-14-24(29)27-21-12-18(5-4-16(21)3)25-28-22-13-19(26)8-11-23(22)31-25/h4-13,15H,14H2,1-3H3,(H,27,29). The summed E-state index contributed by atoms with van der Waals surface area (Å²) in [5, 5.41) is 3.51. The van der Waals surface area contributed by atoms with Gasteiger partial charge in [0.1, 0.15) is 11.3 Å². The Morgan fingerprint density at radius 3 is 2.61 bits per heavy atom. The molecule has 4 aromatic rings. The minimum Gasteiger partial charge on any atom is -0.484 e. The number of amides is 1. The molecule has 1 heterocycles. The maximum Gasteiger partial charge on any atom is 0.262 e. The summed E-state index contributed by atoms with van der Waals surface area (Å²) in [5.41, 5.74) is 4.94. The highest BCUT2D eigenvalue weighted by Crippen LogP contribution is 2.29. The van der Waals surface area contributed by atoms with Gasteiger partial charge in [0.2, 0.25) is 5.89 Å². The van der Waals surface area contributed by atoms with Gasteiger partial charge in [-0.3, -0.25) is 4.79 Å². The van der Waals surface area contributed by atoms with Crippen molar-refractivity contribution in [2.24, 2.45) is 0 Å². The van der Waals surface area contributed by atoms with Crippen LogP contribution in [0.2, 0.25) is 5.02 Å². The summed E-state index contributed by atoms with van der Waals surface area (Å²) in [6.07, 6.45) is 0. The Bertz CT molecular complexity index is 1230. The van der Waals surface area contributed by atoms with E-state index in [0.29, 0.717) is 39.4 Å². The molecule has 3 aromatic carbocycles. The smallest absolute Gasteiger partial charge is 0.262 e. The lowest BCUT2D eigenvalue weighted by atomic mass is 10.0. The van der Waals surface area contributed by atoms with Crippen LogP contribution < -0.4 is 10.1 Å². The maximum absolute atomic E-state index is 12.4. The lowest BCUT2D eigenvalue weighted by molar-refractivity contribution is -0.118. The lowest BCUT2D eigenvalue weighted by Gasteiger charge is -2.11. The highest BCUT2D eigenvalue weighted by atomic mass is 35.5. The first kappa shape index (κ1) is 20.9. The second-order valence-corrected chi connectivity index (χ2v) is 8.16. The highest BCUT2D eigenvalue weighted by molar-refractivity contribution is 6.31. The maximum atomic E-state index is 12.4. The van der Waals surface area contributed by atoms with Crippen LogP contribution in [0.4, 0.5) is 5.69 Å². The molecule has 0 fully saturated rings. The van der Waals surface area contributed by atoms with Crippen molar-refractivity contribution in [2.75, 3.05) is 11.9 Å². The molecule has 5 nitrogen and oxygen atoms in total. The molecule has 0 saturated heterocycles. The van der Waals surface area contributed by atoms with E-state index >= 15 is 0 Å². The number of oxazole rings is 1. The zero-order valence-electron chi connectivity index (χ0n) is 17.6. The number of nitrogens with zero attached hydrogens (tertiary/aromatic N) is 1. The summed E-state index contributed by atoms with van der Waals surface area (Å²) in [4.78, 5) is 17.0. The number of anilines is 1. The van der Waals surface area contributed by atoms with Crippen LogP contribution in [0, 0.1) is 6.92 Å². The van der Waals surface area contributed by atoms with Crippen molar-refractivity contribution in [3.63, 3.8) is 0 Å². The third-order valence-electron chi connectivity index (χ3n) is 5.02. The molecule has 0 spiro atoms. The number of hydrogen-bond acceptors (Lipinski definition) is 4. The first-order valence-electron chi connectivity index (χ1n) is 10.1. The molecular weight excluding hydrogens is 412 g/mol. The number of ether oxygens (including phenoxy) is 1. The molecule has 0 radical (unpaired) electrons. The predicted molar refractivity (Wildman–Crippen MR) is 124 cm³/mol. The molecule has 0 unspecified atom stereocenters. The van der Waals surface area contributed by atoms with Crippen LogP contribution in [0.15, 0.2) is 65.1 Å². The van der Waals surface area contributed by atoms with E-state index in [1.54, 1.807) is 18.2 Å². The van der Waals surface area contributed by atoms with Gasteiger partial charge in [-0.25, -0.2) is 4.98 Å². The molecule has 0 saturated carbocycles. The number of aromatic nitrogens is 1. The Morgan fingerprint density at radius 2 is 1.87 bits per heavy atom. The molecule has 6 heteroatoms. The Kier molecular flexibility index (Phi) is 5.96. The first-order valence-corrected chi connectivity index (χ1v) is 10.5. The van der Waals surface area contributed by atoms with Gasteiger partial charge < -0.3 is 14.5 Å². The number of rotatable bonds is 6. The van der Waals surface area contributed by atoms with Crippen LogP contribution in [-0.2, 0) is 4.79 Å². The molecule has 31 heavy (non-hydrogen) atoms. The van der Waals surface area contributed by atoms with E-state index in [1.807, 2.05) is 49.4 Å². The van der Waals surface area contributed by atoms with Gasteiger partial charge in [0.15, 0.2) is 12.2 Å². The molecule has 0 aliphatic rings. The summed E-state index contributed by atoms with van der Waals surface area (Å²) < 4.78 is 11.5. The molecular formula is C25H23ClN2O3. The highest BCUT2D eigenvalue weighted by Gasteiger charge is 2.12. The van der Waals surface area contributed by atoms with Crippen LogP contribution in [0.3, 0.4) is 0 Å². The Labute approximate surface area is 186 Å². The monoisotopic (exact) mass is 434 g/mol. The van der Waals surface area contributed by atoms with Gasteiger partial charge in [-0.05, 0) is 66.4 Å². The molecule has 0 atom stereocenters. The fraction of sp³-hybridized carbons (Fsp3) is 0.200. The lowest BCUT2D eigenvalue weighted by Crippen LogP contribution is -2.20. The average molecular weight is 435 g/mol. The SMILES string of the molecule is Cc1ccc(-c2nc3cc(Cl)ccc3o2)cc1NC(=O)COc1ccc(C(C)C)cc1. The minimum atomic E-state index is -0.238. The number of hydrogen-bond donors (Lipinski definition) is 1. The van der Waals surface area contributed by atoms with Crippen LogP contribution in [0.5, 0.6) is 5.75 Å². The zero-order valence-corrected chi connectivity index (χ0v) is 18.4. The third kappa shape index (κ3) is 4.89. The zero-order chi connectivity index (χ0) is 22.0. The summed E-state index contributed by atoms with van der Waals surface area (Å²) in [7, 11) is 0. The summed E-state index contributed by atoms with van der Waals surface area (Å²) in [5.74, 6) is 1.34. The van der Waals surface area contributed by atoms with Gasteiger partial charge in [0.05, 0.1) is 0 Å².